The number of amides is 9. The second-order valence-electron chi connectivity index (χ2n) is 18.5. The molecule has 9 amide bonds. The summed E-state index contributed by atoms with van der Waals surface area (Å²) in [6, 6.07) is 8.32. The molecule has 0 saturated carbocycles. The summed E-state index contributed by atoms with van der Waals surface area (Å²) >= 11 is 0. The Morgan fingerprint density at radius 3 is 1.66 bits per heavy atom. The van der Waals surface area contributed by atoms with Crippen molar-refractivity contribution in [3.8, 4) is 5.75 Å². The van der Waals surface area contributed by atoms with Crippen molar-refractivity contribution in [2.75, 3.05) is 26.3 Å². The van der Waals surface area contributed by atoms with Crippen molar-refractivity contribution in [3.63, 3.8) is 0 Å². The van der Waals surface area contributed by atoms with Crippen molar-refractivity contribution >= 4 is 76.0 Å². The molecule has 0 aliphatic carbocycles. The monoisotopic (exact) mass is 1120 g/mol. The highest BCUT2D eigenvalue weighted by Gasteiger charge is 2.34. The minimum absolute atomic E-state index is 0.0598. The molecule has 0 saturated heterocycles. The lowest BCUT2D eigenvalue weighted by molar-refractivity contribution is -0.143. The van der Waals surface area contributed by atoms with E-state index in [2.05, 4.69) is 47.5 Å². The number of carbonyl (C=O) groups is 11. The number of phenolic OH excluding ortho intramolecular Hbond substituents is 1. The molecule has 0 fully saturated rings. The first kappa shape index (κ1) is 63.5. The molecule has 8 atom stereocenters. The van der Waals surface area contributed by atoms with Crippen LogP contribution in [0.15, 0.2) is 85.1 Å². The summed E-state index contributed by atoms with van der Waals surface area (Å²) in [5.41, 5.74) is 19.3. The SMILES string of the molecule is NCCCC[C@H](N)C(=O)N[C@@H](Cc1ccc(O)cc1)C(=O)N[C@@H](Cc1c[nH]c2ccccc12)C(=O)N[C@@H](CO)C(=O)NCC(=O)N[C@@H](CC(N)=O)C(=O)N[C@@H](CO)C(=O)N[C@@H](CCC(=O)O)C(=O)N[C@@H](Cc1ccccc1)C(=O)O. The number of aliphatic hydroxyl groups excluding tert-OH is 2. The molecule has 28 heteroatoms. The molecular weight excluding hydrogens is 1050 g/mol. The number of aromatic hydroxyl groups is 1. The lowest BCUT2D eigenvalue weighted by Gasteiger charge is -2.26. The standard InChI is InChI=1S/C52H68N12O16/c53-19-7-6-11-33(54)45(72)60-36(20-29-13-15-31(67)16-14-29)48(75)61-37(22-30-24-56-34-12-5-4-10-32(30)34)49(76)63-40(26-65)46(73)57-25-43(69)58-38(23-42(55)68)50(77)64-41(27-66)51(78)59-35(17-18-44(70)71)47(74)62-39(52(79)80)21-28-8-2-1-3-9-28/h1-5,8-10,12-16,24,33,35-41,56,65-67H,6-7,11,17-23,25-27,53-54H2,(H2,55,68)(H,57,73)(H,58,69)(H,59,78)(H,60,72)(H,61,75)(H,62,74)(H,63,76)(H,64,77)(H,70,71)(H,79,80)/t33-,35-,36-,37-,38-,39-,40-,41-/m0/s1. The molecule has 28 nitrogen and oxygen atoms in total. The van der Waals surface area contributed by atoms with E-state index in [-0.39, 0.29) is 31.4 Å². The van der Waals surface area contributed by atoms with E-state index in [1.165, 1.54) is 24.3 Å². The van der Waals surface area contributed by atoms with E-state index in [9.17, 15) is 78.3 Å². The van der Waals surface area contributed by atoms with Gasteiger partial charge in [-0.15, -0.1) is 0 Å². The number of carboxylic acid groups (broad SMARTS) is 2. The number of fused-ring (bicyclic) bond motifs is 1. The minimum Gasteiger partial charge on any atom is -0.508 e. The highest BCUT2D eigenvalue weighted by molar-refractivity contribution is 5.99. The molecule has 0 unspecified atom stereocenters. The van der Waals surface area contributed by atoms with Crippen LogP contribution in [0.5, 0.6) is 5.75 Å². The van der Waals surface area contributed by atoms with E-state index < -0.39 is 152 Å². The Kier molecular flexibility index (Phi) is 25.4. The minimum atomic E-state index is -1.92. The largest absolute Gasteiger partial charge is 0.508 e. The van der Waals surface area contributed by atoms with E-state index in [4.69, 9.17) is 17.2 Å². The smallest absolute Gasteiger partial charge is 0.326 e. The third-order valence-electron chi connectivity index (χ3n) is 12.3. The van der Waals surface area contributed by atoms with E-state index in [0.29, 0.717) is 47.0 Å². The summed E-state index contributed by atoms with van der Waals surface area (Å²) in [7, 11) is 0. The van der Waals surface area contributed by atoms with Crippen LogP contribution in [0.3, 0.4) is 0 Å². The Morgan fingerprint density at radius 1 is 0.537 bits per heavy atom. The number of hydrogen-bond donors (Lipinski definition) is 17. The van der Waals surface area contributed by atoms with Gasteiger partial charge in [0, 0.05) is 42.8 Å². The predicted molar refractivity (Wildman–Crippen MR) is 284 cm³/mol. The van der Waals surface area contributed by atoms with Gasteiger partial charge in [0.2, 0.25) is 53.2 Å². The maximum Gasteiger partial charge on any atom is 0.326 e. The topological polar surface area (TPSA) is 479 Å². The van der Waals surface area contributed by atoms with Gasteiger partial charge in [-0.05, 0) is 60.7 Å². The summed E-state index contributed by atoms with van der Waals surface area (Å²) in [5.74, 6) is -12.6. The fraction of sp³-hybridized carbons (Fsp3) is 0.404. The summed E-state index contributed by atoms with van der Waals surface area (Å²) < 4.78 is 0. The molecule has 0 bridgehead atoms. The molecule has 20 N–H and O–H groups in total. The first-order valence-electron chi connectivity index (χ1n) is 25.3. The van der Waals surface area contributed by atoms with Crippen molar-refractivity contribution in [2.24, 2.45) is 17.2 Å². The fourth-order valence-corrected chi connectivity index (χ4v) is 8.01. The zero-order chi connectivity index (χ0) is 58.9. The number of carboxylic acids is 2. The molecule has 4 aromatic rings. The van der Waals surface area contributed by atoms with Gasteiger partial charge in [0.1, 0.15) is 48.0 Å². The van der Waals surface area contributed by atoms with Crippen molar-refractivity contribution < 1.29 is 78.3 Å². The van der Waals surface area contributed by atoms with Gasteiger partial charge < -0.3 is 90.3 Å². The maximum atomic E-state index is 14.2. The lowest BCUT2D eigenvalue weighted by Crippen LogP contribution is -2.60. The average Bonchev–Trinajstić information content (AvgIpc) is 3.83. The van der Waals surface area contributed by atoms with Crippen molar-refractivity contribution in [3.05, 3.63) is 102 Å². The van der Waals surface area contributed by atoms with E-state index in [1.54, 1.807) is 60.8 Å². The number of para-hydroxylation sites is 1. The van der Waals surface area contributed by atoms with E-state index >= 15 is 0 Å². The Labute approximate surface area is 457 Å². The number of aliphatic hydroxyl groups is 2. The molecule has 3 aromatic carbocycles. The van der Waals surface area contributed by atoms with Crippen molar-refractivity contribution in [1.82, 2.24) is 47.5 Å². The van der Waals surface area contributed by atoms with Gasteiger partial charge in [0.15, 0.2) is 0 Å². The van der Waals surface area contributed by atoms with Gasteiger partial charge in [-0.2, -0.15) is 0 Å². The summed E-state index contributed by atoms with van der Waals surface area (Å²) in [5, 5.41) is 68.5. The van der Waals surface area contributed by atoms with Gasteiger partial charge in [-0.25, -0.2) is 4.79 Å². The fourth-order valence-electron chi connectivity index (χ4n) is 8.01. The molecule has 0 aliphatic rings. The number of unbranched alkanes of at least 4 members (excludes halogenated alkanes) is 1. The first-order valence-corrected chi connectivity index (χ1v) is 25.3. The lowest BCUT2D eigenvalue weighted by atomic mass is 10.0. The van der Waals surface area contributed by atoms with Crippen LogP contribution in [0.1, 0.15) is 55.2 Å². The molecule has 0 aliphatic heterocycles. The number of aromatic amines is 1. The molecule has 432 valence electrons. The summed E-state index contributed by atoms with van der Waals surface area (Å²) in [6.45, 7) is -2.81. The normalized spacial score (nSPS) is 14.0. The number of nitrogens with two attached hydrogens (primary N) is 3. The zero-order valence-corrected chi connectivity index (χ0v) is 43.4. The summed E-state index contributed by atoms with van der Waals surface area (Å²) in [4.78, 5) is 147. The van der Waals surface area contributed by atoms with Gasteiger partial charge in [-0.3, -0.25) is 47.9 Å². The Morgan fingerprint density at radius 2 is 1.05 bits per heavy atom. The van der Waals surface area contributed by atoms with Crippen molar-refractivity contribution in [1.29, 1.82) is 0 Å². The van der Waals surface area contributed by atoms with Crippen LogP contribution in [-0.2, 0) is 72.0 Å². The van der Waals surface area contributed by atoms with E-state index in [1.807, 2.05) is 0 Å². The second kappa shape index (κ2) is 32.0. The number of rotatable bonds is 34. The highest BCUT2D eigenvalue weighted by Crippen LogP contribution is 2.20. The molecule has 0 spiro atoms. The van der Waals surface area contributed by atoms with Crippen LogP contribution in [0.25, 0.3) is 10.9 Å². The Bertz CT molecular complexity index is 2800. The zero-order valence-electron chi connectivity index (χ0n) is 43.4. The third kappa shape index (κ3) is 20.8. The first-order chi connectivity index (χ1) is 38.1. The quantitative estimate of drug-likeness (QED) is 0.0197. The van der Waals surface area contributed by atoms with Gasteiger partial charge in [-0.1, -0.05) is 67.1 Å². The highest BCUT2D eigenvalue weighted by atomic mass is 16.4. The molecule has 1 heterocycles. The maximum absolute atomic E-state index is 14.2. The average molecular weight is 1120 g/mol. The number of aromatic nitrogens is 1. The molecular formula is C52H68N12O16. The summed E-state index contributed by atoms with van der Waals surface area (Å²) in [6.07, 6.45) is 0.300. The van der Waals surface area contributed by atoms with E-state index in [0.717, 1.165) is 0 Å². The number of phenols is 1. The predicted octanol–water partition coefficient (Wildman–Crippen LogP) is -4.32. The van der Waals surface area contributed by atoms with Gasteiger partial charge >= 0.3 is 11.9 Å². The molecule has 80 heavy (non-hydrogen) atoms. The van der Waals surface area contributed by atoms with Gasteiger partial charge in [0.25, 0.3) is 0 Å². The number of primary amides is 1. The van der Waals surface area contributed by atoms with Crippen LogP contribution in [0, 0.1) is 0 Å². The Hall–Kier alpha value is -8.99. The van der Waals surface area contributed by atoms with Crippen LogP contribution >= 0.6 is 0 Å². The Balaban J connectivity index is 1.45. The number of nitrogens with one attached hydrogen (secondary N) is 9. The third-order valence-corrected chi connectivity index (χ3v) is 12.3. The van der Waals surface area contributed by atoms with Crippen LogP contribution in [0.2, 0.25) is 0 Å². The van der Waals surface area contributed by atoms with Crippen LogP contribution in [0.4, 0.5) is 0 Å². The second-order valence-corrected chi connectivity index (χ2v) is 18.5. The molecule has 0 radical (unpaired) electrons. The van der Waals surface area contributed by atoms with Crippen LogP contribution in [-0.4, -0.2) is 170 Å². The number of aliphatic carboxylic acids is 2. The molecule has 4 rings (SSSR count). The van der Waals surface area contributed by atoms with Crippen LogP contribution < -0.4 is 59.7 Å². The number of H-pyrrole nitrogens is 1. The number of hydrogen-bond acceptors (Lipinski definition) is 16. The van der Waals surface area contributed by atoms with Crippen molar-refractivity contribution in [2.45, 2.75) is 106 Å². The molecule has 1 aromatic heterocycles. The number of carbonyl (C=O) groups excluding carboxylic acids is 9. The van der Waals surface area contributed by atoms with Gasteiger partial charge in [0.05, 0.1) is 32.2 Å². The number of benzene rings is 3.